The van der Waals surface area contributed by atoms with Crippen molar-refractivity contribution in [2.75, 3.05) is 6.61 Å². The molecule has 3 rings (SSSR count). The molecule has 1 aliphatic carbocycles. The van der Waals surface area contributed by atoms with E-state index in [1.54, 1.807) is 12.1 Å². The predicted octanol–water partition coefficient (Wildman–Crippen LogP) is 6.21. The van der Waals surface area contributed by atoms with Crippen molar-refractivity contribution in [3.05, 3.63) is 42.0 Å². The first kappa shape index (κ1) is 25.8. The van der Waals surface area contributed by atoms with Gasteiger partial charge in [-0.3, -0.25) is 4.79 Å². The van der Waals surface area contributed by atoms with Crippen molar-refractivity contribution < 1.29 is 32.6 Å². The summed E-state index contributed by atoms with van der Waals surface area (Å²) in [4.78, 5) is 24.9. The molecule has 0 aliphatic heterocycles. The maximum absolute atomic E-state index is 13.1. The largest absolute Gasteiger partial charge is 0.492 e. The minimum atomic E-state index is -4.17. The van der Waals surface area contributed by atoms with Crippen LogP contribution in [0.4, 0.5) is 13.2 Å². The number of aliphatic carboxylic acids is 1. The van der Waals surface area contributed by atoms with Crippen LogP contribution in [0.2, 0.25) is 0 Å². The van der Waals surface area contributed by atoms with E-state index >= 15 is 0 Å². The van der Waals surface area contributed by atoms with Gasteiger partial charge in [0, 0.05) is 5.39 Å². The van der Waals surface area contributed by atoms with Crippen LogP contribution >= 0.6 is 0 Å². The fourth-order valence-electron chi connectivity index (χ4n) is 4.48. The van der Waals surface area contributed by atoms with Crippen LogP contribution in [0.1, 0.15) is 63.2 Å². The molecule has 0 saturated heterocycles. The van der Waals surface area contributed by atoms with Gasteiger partial charge in [-0.1, -0.05) is 51.1 Å². The van der Waals surface area contributed by atoms with Crippen LogP contribution in [0.5, 0.6) is 5.75 Å². The highest BCUT2D eigenvalue weighted by Gasteiger charge is 2.41. The van der Waals surface area contributed by atoms with Crippen molar-refractivity contribution in [3.8, 4) is 5.75 Å². The molecule has 2 aromatic carbocycles. The molecule has 1 aliphatic rings. The van der Waals surface area contributed by atoms with Crippen molar-refractivity contribution in [2.45, 2.75) is 65.1 Å². The third-order valence-electron chi connectivity index (χ3n) is 6.32. The molecule has 8 heteroatoms. The smallest absolute Gasteiger partial charge is 0.391 e. The van der Waals surface area contributed by atoms with Crippen molar-refractivity contribution in [3.63, 3.8) is 0 Å². The van der Waals surface area contributed by atoms with Crippen molar-refractivity contribution in [2.24, 2.45) is 17.3 Å². The molecule has 1 atom stereocenters. The minimum Gasteiger partial charge on any atom is -0.492 e. The molecule has 1 saturated carbocycles. The second-order valence-electron chi connectivity index (χ2n) is 10.4. The SMILES string of the molecule is CC(C)(C)C[C@H](NC(=O)c1ccc2ccccc2c1OC[C@H]1CC[C@@H](C(F)(F)F)CC1)C(=O)O. The van der Waals surface area contributed by atoms with E-state index in [-0.39, 0.29) is 42.8 Å². The van der Waals surface area contributed by atoms with E-state index in [9.17, 15) is 27.9 Å². The second kappa shape index (κ2) is 10.2. The van der Waals surface area contributed by atoms with E-state index < -0.39 is 30.0 Å². The Morgan fingerprint density at radius 1 is 1.06 bits per heavy atom. The molecule has 0 aromatic heterocycles. The lowest BCUT2D eigenvalue weighted by molar-refractivity contribution is -0.184. The van der Waals surface area contributed by atoms with Gasteiger partial charge in [-0.25, -0.2) is 4.79 Å². The van der Waals surface area contributed by atoms with Gasteiger partial charge in [0.15, 0.2) is 0 Å². The lowest BCUT2D eigenvalue weighted by atomic mass is 9.82. The molecule has 1 amide bonds. The number of fused-ring (bicyclic) bond motifs is 1. The van der Waals surface area contributed by atoms with Gasteiger partial charge in [-0.05, 0) is 54.9 Å². The molecule has 0 unspecified atom stereocenters. The number of carboxylic acid groups (broad SMARTS) is 1. The quantitative estimate of drug-likeness (QED) is 0.495. The van der Waals surface area contributed by atoms with E-state index in [0.717, 1.165) is 5.39 Å². The highest BCUT2D eigenvalue weighted by molar-refractivity contribution is 6.04. The molecular weight excluding hydrogens is 447 g/mol. The summed E-state index contributed by atoms with van der Waals surface area (Å²) in [5.74, 6) is -2.65. The lowest BCUT2D eigenvalue weighted by Crippen LogP contribution is -2.43. The van der Waals surface area contributed by atoms with Gasteiger partial charge in [0.25, 0.3) is 5.91 Å². The molecule has 0 heterocycles. The van der Waals surface area contributed by atoms with Crippen LogP contribution in [-0.4, -0.2) is 35.8 Å². The fourth-order valence-corrected chi connectivity index (χ4v) is 4.48. The first-order valence-electron chi connectivity index (χ1n) is 11.6. The van der Waals surface area contributed by atoms with Gasteiger partial charge in [-0.15, -0.1) is 0 Å². The van der Waals surface area contributed by atoms with Gasteiger partial charge in [0.1, 0.15) is 11.8 Å². The average molecular weight is 480 g/mol. The van der Waals surface area contributed by atoms with E-state index in [1.807, 2.05) is 45.0 Å². The molecule has 0 spiro atoms. The Kier molecular flexibility index (Phi) is 7.78. The van der Waals surface area contributed by atoms with E-state index in [4.69, 9.17) is 4.74 Å². The van der Waals surface area contributed by atoms with E-state index in [1.165, 1.54) is 0 Å². The Labute approximate surface area is 197 Å². The van der Waals surface area contributed by atoms with E-state index in [0.29, 0.717) is 24.0 Å². The molecule has 186 valence electrons. The number of amides is 1. The van der Waals surface area contributed by atoms with Crippen LogP contribution in [0.25, 0.3) is 10.8 Å². The average Bonchev–Trinajstić information content (AvgIpc) is 2.75. The summed E-state index contributed by atoms with van der Waals surface area (Å²) < 4.78 is 45.0. The maximum atomic E-state index is 13.1. The normalized spacial score (nSPS) is 20.1. The Balaban J connectivity index is 1.80. The first-order chi connectivity index (χ1) is 15.8. The minimum absolute atomic E-state index is 0.0406. The number of ether oxygens (including phenoxy) is 1. The maximum Gasteiger partial charge on any atom is 0.391 e. The number of benzene rings is 2. The monoisotopic (exact) mass is 479 g/mol. The van der Waals surface area contributed by atoms with Gasteiger partial charge in [0.05, 0.1) is 18.1 Å². The topological polar surface area (TPSA) is 75.6 Å². The predicted molar refractivity (Wildman–Crippen MR) is 124 cm³/mol. The molecule has 1 fully saturated rings. The van der Waals surface area contributed by atoms with Crippen molar-refractivity contribution in [1.82, 2.24) is 5.32 Å². The Hall–Kier alpha value is -2.77. The summed E-state index contributed by atoms with van der Waals surface area (Å²) in [7, 11) is 0. The zero-order chi connectivity index (χ0) is 25.1. The summed E-state index contributed by atoms with van der Waals surface area (Å²) in [6, 6.07) is 9.65. The number of nitrogens with one attached hydrogen (secondary N) is 1. The zero-order valence-electron chi connectivity index (χ0n) is 19.7. The van der Waals surface area contributed by atoms with E-state index in [2.05, 4.69) is 5.32 Å². The Morgan fingerprint density at radius 3 is 2.29 bits per heavy atom. The standard InChI is InChI=1S/C26H32F3NO4/c1-25(2,3)14-21(24(32)33)30-23(31)20-13-10-17-6-4-5-7-19(17)22(20)34-15-16-8-11-18(12-9-16)26(27,28)29/h4-7,10,13,16,18,21H,8-9,11-12,14-15H2,1-3H3,(H,30,31)(H,32,33)/t16-,18+,21-/m0/s1. The van der Waals surface area contributed by atoms with Crippen molar-refractivity contribution in [1.29, 1.82) is 0 Å². The number of hydrogen-bond donors (Lipinski definition) is 2. The number of carbonyl (C=O) groups is 2. The summed E-state index contributed by atoms with van der Waals surface area (Å²) in [5.41, 5.74) is -0.100. The summed E-state index contributed by atoms with van der Waals surface area (Å²) in [6.07, 6.45) is -2.95. The van der Waals surface area contributed by atoms with Crippen molar-refractivity contribution >= 4 is 22.6 Å². The number of halogens is 3. The second-order valence-corrected chi connectivity index (χ2v) is 10.4. The molecule has 2 N–H and O–H groups in total. The summed E-state index contributed by atoms with van der Waals surface area (Å²) >= 11 is 0. The number of carbonyl (C=O) groups excluding carboxylic acids is 1. The van der Waals surface area contributed by atoms with Crippen LogP contribution in [-0.2, 0) is 4.79 Å². The lowest BCUT2D eigenvalue weighted by Gasteiger charge is -2.30. The molecule has 2 aromatic rings. The number of carboxylic acids is 1. The highest BCUT2D eigenvalue weighted by atomic mass is 19.4. The highest BCUT2D eigenvalue weighted by Crippen LogP contribution is 2.40. The number of hydrogen-bond acceptors (Lipinski definition) is 3. The molecule has 0 bridgehead atoms. The number of alkyl halides is 3. The number of rotatable bonds is 7. The van der Waals surface area contributed by atoms with Gasteiger partial charge in [-0.2, -0.15) is 13.2 Å². The molecule has 5 nitrogen and oxygen atoms in total. The summed E-state index contributed by atoms with van der Waals surface area (Å²) in [5, 5.41) is 13.8. The molecule has 34 heavy (non-hydrogen) atoms. The van der Waals surface area contributed by atoms with Gasteiger partial charge in [0.2, 0.25) is 0 Å². The van der Waals surface area contributed by atoms with Crippen LogP contribution in [0, 0.1) is 17.3 Å². The zero-order valence-corrected chi connectivity index (χ0v) is 19.7. The summed E-state index contributed by atoms with van der Waals surface area (Å²) in [6.45, 7) is 5.89. The van der Waals surface area contributed by atoms with Gasteiger partial charge < -0.3 is 15.2 Å². The van der Waals surface area contributed by atoms with Crippen LogP contribution in [0.3, 0.4) is 0 Å². The van der Waals surface area contributed by atoms with Gasteiger partial charge >= 0.3 is 12.1 Å². The Morgan fingerprint density at radius 2 is 1.71 bits per heavy atom. The molecule has 0 radical (unpaired) electrons. The third kappa shape index (κ3) is 6.64. The fraction of sp³-hybridized carbons (Fsp3) is 0.538. The first-order valence-corrected chi connectivity index (χ1v) is 11.6. The van der Waals surface area contributed by atoms with Crippen LogP contribution in [0.15, 0.2) is 36.4 Å². The molecular formula is C26H32F3NO4. The Bertz CT molecular complexity index is 1020. The van der Waals surface area contributed by atoms with Crippen LogP contribution < -0.4 is 10.1 Å². The third-order valence-corrected chi connectivity index (χ3v) is 6.32.